The van der Waals surface area contributed by atoms with E-state index in [4.69, 9.17) is 14.5 Å². The van der Waals surface area contributed by atoms with E-state index in [1.165, 1.54) is 0 Å². The number of pyridine rings is 1. The lowest BCUT2D eigenvalue weighted by Gasteiger charge is -2.04. The molecule has 27 heavy (non-hydrogen) atoms. The Morgan fingerprint density at radius 3 is 2.48 bits per heavy atom. The second-order valence-electron chi connectivity index (χ2n) is 6.23. The highest BCUT2D eigenvalue weighted by Crippen LogP contribution is 2.24. The van der Waals surface area contributed by atoms with Crippen LogP contribution in [0.25, 0.3) is 16.9 Å². The Labute approximate surface area is 157 Å². The van der Waals surface area contributed by atoms with E-state index in [-0.39, 0.29) is 0 Å². The maximum Gasteiger partial charge on any atom is 0.216 e. The van der Waals surface area contributed by atoms with Crippen LogP contribution in [0.4, 0.5) is 0 Å². The first-order valence-electron chi connectivity index (χ1n) is 8.74. The lowest BCUT2D eigenvalue weighted by molar-refractivity contribution is 0.378. The van der Waals surface area contributed by atoms with Gasteiger partial charge in [0, 0.05) is 37.7 Å². The second-order valence-corrected chi connectivity index (χ2v) is 6.23. The normalized spacial score (nSPS) is 11.1. The highest BCUT2D eigenvalue weighted by Gasteiger charge is 2.14. The number of benzene rings is 1. The average Bonchev–Trinajstić information content (AvgIpc) is 3.30. The van der Waals surface area contributed by atoms with Crippen LogP contribution in [-0.2, 0) is 19.9 Å². The van der Waals surface area contributed by atoms with Gasteiger partial charge in [0.2, 0.25) is 11.5 Å². The largest absolute Gasteiger partial charge is 0.493 e. The van der Waals surface area contributed by atoms with Gasteiger partial charge < -0.3 is 14.0 Å². The van der Waals surface area contributed by atoms with Crippen molar-refractivity contribution in [3.05, 3.63) is 60.3 Å². The highest BCUT2D eigenvalue weighted by atomic mass is 16.5. The summed E-state index contributed by atoms with van der Waals surface area (Å²) in [5, 5.41) is 4.57. The topological polar surface area (TPSA) is 66.5 Å². The third-order valence-corrected chi connectivity index (χ3v) is 4.50. The van der Waals surface area contributed by atoms with Gasteiger partial charge in [-0.15, -0.1) is 5.10 Å². The number of methoxy groups -OCH3 is 2. The molecular weight excluding hydrogens is 342 g/mol. The first-order chi connectivity index (χ1) is 13.2. The Bertz CT molecular complexity index is 1030. The minimum Gasteiger partial charge on any atom is -0.493 e. The van der Waals surface area contributed by atoms with E-state index >= 15 is 0 Å². The van der Waals surface area contributed by atoms with Crippen molar-refractivity contribution in [1.29, 1.82) is 0 Å². The van der Waals surface area contributed by atoms with Crippen molar-refractivity contribution in [3.8, 4) is 22.9 Å². The Kier molecular flexibility index (Phi) is 4.50. The second kappa shape index (κ2) is 7.11. The van der Waals surface area contributed by atoms with Gasteiger partial charge in [-0.05, 0) is 6.07 Å². The molecule has 0 amide bonds. The molecule has 0 atom stereocenters. The van der Waals surface area contributed by atoms with E-state index in [2.05, 4.69) is 26.8 Å². The number of nitrogens with zero attached hydrogens (tertiary/aromatic N) is 5. The lowest BCUT2D eigenvalue weighted by atomic mass is 10.2. The predicted octanol–water partition coefficient (Wildman–Crippen LogP) is 2.93. The molecule has 7 heteroatoms. The molecule has 138 valence electrons. The minimum absolute atomic E-state index is 0.618. The van der Waals surface area contributed by atoms with Gasteiger partial charge in [0.05, 0.1) is 19.9 Å². The van der Waals surface area contributed by atoms with Gasteiger partial charge >= 0.3 is 0 Å². The number of ether oxygens (including phenoxy) is 2. The standard InChI is InChI=1S/C20H21N5O2/c1-24-13-15(14-7-5-4-6-8-14)21-18(24)11-10-17-22-20-16(26-2)9-12-19(27-3)25(20)23-17/h4-9,12-13H,10-11H2,1-3H3. The molecule has 7 nitrogen and oxygen atoms in total. The van der Waals surface area contributed by atoms with E-state index in [1.807, 2.05) is 43.6 Å². The van der Waals surface area contributed by atoms with Crippen LogP contribution in [-0.4, -0.2) is 38.4 Å². The average molecular weight is 363 g/mol. The third kappa shape index (κ3) is 3.23. The van der Waals surface area contributed by atoms with Crippen LogP contribution in [0.5, 0.6) is 11.6 Å². The summed E-state index contributed by atoms with van der Waals surface area (Å²) in [5.74, 6) is 3.00. The molecule has 0 radical (unpaired) electrons. The highest BCUT2D eigenvalue weighted by molar-refractivity contribution is 5.58. The molecule has 4 rings (SSSR count). The van der Waals surface area contributed by atoms with Crippen LogP contribution in [0.3, 0.4) is 0 Å². The van der Waals surface area contributed by atoms with Gasteiger partial charge in [0.25, 0.3) is 0 Å². The molecule has 0 saturated heterocycles. The fourth-order valence-electron chi connectivity index (χ4n) is 3.09. The maximum absolute atomic E-state index is 5.38. The van der Waals surface area contributed by atoms with Gasteiger partial charge in [-0.2, -0.15) is 4.52 Å². The summed E-state index contributed by atoms with van der Waals surface area (Å²) in [6.07, 6.45) is 3.46. The summed E-state index contributed by atoms with van der Waals surface area (Å²) in [4.78, 5) is 9.38. The van der Waals surface area contributed by atoms with Crippen molar-refractivity contribution >= 4 is 5.65 Å². The molecule has 3 aromatic heterocycles. The number of rotatable bonds is 6. The van der Waals surface area contributed by atoms with Crippen LogP contribution in [0.1, 0.15) is 11.6 Å². The molecule has 0 aliphatic carbocycles. The molecule has 0 saturated carbocycles. The predicted molar refractivity (Wildman–Crippen MR) is 102 cm³/mol. The zero-order chi connectivity index (χ0) is 18.8. The number of fused-ring (bicyclic) bond motifs is 1. The van der Waals surface area contributed by atoms with Gasteiger partial charge in [0.15, 0.2) is 11.6 Å². The van der Waals surface area contributed by atoms with Crippen molar-refractivity contribution in [2.24, 2.45) is 7.05 Å². The first kappa shape index (κ1) is 17.1. The number of hydrogen-bond donors (Lipinski definition) is 0. The Hall–Kier alpha value is -3.35. The van der Waals surface area contributed by atoms with Crippen molar-refractivity contribution in [2.45, 2.75) is 12.8 Å². The molecule has 4 aromatic rings. The number of aromatic nitrogens is 5. The van der Waals surface area contributed by atoms with Crippen LogP contribution in [0, 0.1) is 0 Å². The fourth-order valence-corrected chi connectivity index (χ4v) is 3.09. The van der Waals surface area contributed by atoms with Crippen LogP contribution in [0.15, 0.2) is 48.7 Å². The molecule has 0 fully saturated rings. The Morgan fingerprint density at radius 1 is 0.926 bits per heavy atom. The van der Waals surface area contributed by atoms with Gasteiger partial charge in [-0.25, -0.2) is 9.97 Å². The summed E-state index contributed by atoms with van der Waals surface area (Å²) >= 11 is 0. The van der Waals surface area contributed by atoms with E-state index in [0.29, 0.717) is 23.7 Å². The summed E-state index contributed by atoms with van der Waals surface area (Å²) in [6, 6.07) is 13.8. The van der Waals surface area contributed by atoms with E-state index in [1.54, 1.807) is 18.7 Å². The van der Waals surface area contributed by atoms with Crippen LogP contribution in [0.2, 0.25) is 0 Å². The molecule has 0 spiro atoms. The molecule has 0 N–H and O–H groups in total. The molecule has 1 aromatic carbocycles. The summed E-state index contributed by atoms with van der Waals surface area (Å²) in [5.41, 5.74) is 2.73. The molecule has 0 unspecified atom stereocenters. The molecule has 0 bridgehead atoms. The number of hydrogen-bond acceptors (Lipinski definition) is 5. The van der Waals surface area contributed by atoms with E-state index in [9.17, 15) is 0 Å². The lowest BCUT2D eigenvalue weighted by Crippen LogP contribution is -2.01. The zero-order valence-corrected chi connectivity index (χ0v) is 15.6. The van der Waals surface area contributed by atoms with E-state index in [0.717, 1.165) is 29.3 Å². The molecule has 3 heterocycles. The van der Waals surface area contributed by atoms with Crippen LogP contribution >= 0.6 is 0 Å². The maximum atomic E-state index is 5.38. The van der Waals surface area contributed by atoms with Crippen molar-refractivity contribution < 1.29 is 9.47 Å². The quantitative estimate of drug-likeness (QED) is 0.527. The summed E-state index contributed by atoms with van der Waals surface area (Å²) < 4.78 is 14.5. The third-order valence-electron chi connectivity index (χ3n) is 4.50. The first-order valence-corrected chi connectivity index (χ1v) is 8.74. The molecular formula is C20H21N5O2. The summed E-state index contributed by atoms with van der Waals surface area (Å²) in [6.45, 7) is 0. The van der Waals surface area contributed by atoms with Gasteiger partial charge in [0.1, 0.15) is 5.82 Å². The monoisotopic (exact) mass is 363 g/mol. The smallest absolute Gasteiger partial charge is 0.216 e. The Morgan fingerprint density at radius 2 is 1.74 bits per heavy atom. The summed E-state index contributed by atoms with van der Waals surface area (Å²) in [7, 11) is 5.24. The van der Waals surface area contributed by atoms with Crippen LogP contribution < -0.4 is 9.47 Å². The zero-order valence-electron chi connectivity index (χ0n) is 15.6. The minimum atomic E-state index is 0.618. The number of imidazole rings is 1. The van der Waals surface area contributed by atoms with Crippen molar-refractivity contribution in [2.75, 3.05) is 14.2 Å². The molecule has 0 aliphatic rings. The number of aryl methyl sites for hydroxylation is 3. The van der Waals surface area contributed by atoms with Gasteiger partial charge in [-0.1, -0.05) is 30.3 Å². The Balaban J connectivity index is 1.58. The van der Waals surface area contributed by atoms with Crippen molar-refractivity contribution in [1.82, 2.24) is 24.1 Å². The van der Waals surface area contributed by atoms with E-state index < -0.39 is 0 Å². The fraction of sp³-hybridized carbons (Fsp3) is 0.250. The SMILES string of the molecule is COc1ccc(OC)n2nc(CCc3nc(-c4ccccc4)cn3C)nc12. The van der Waals surface area contributed by atoms with Crippen molar-refractivity contribution in [3.63, 3.8) is 0 Å². The molecule has 0 aliphatic heterocycles. The van der Waals surface area contributed by atoms with Gasteiger partial charge in [-0.3, -0.25) is 0 Å².